The van der Waals surface area contributed by atoms with Crippen molar-refractivity contribution in [3.8, 4) is 0 Å². The third-order valence-electron chi connectivity index (χ3n) is 4.73. The predicted octanol–water partition coefficient (Wildman–Crippen LogP) is 8.85. The summed E-state index contributed by atoms with van der Waals surface area (Å²) in [5, 5.41) is 0. The van der Waals surface area contributed by atoms with Gasteiger partial charge in [0.05, 0.1) is 0 Å². The Kier molecular flexibility index (Phi) is 17.7. The van der Waals surface area contributed by atoms with Gasteiger partial charge in [0, 0.05) is 11.8 Å². The van der Waals surface area contributed by atoms with Crippen LogP contribution in [0.25, 0.3) is 0 Å². The summed E-state index contributed by atoms with van der Waals surface area (Å²) >= 11 is 0. The summed E-state index contributed by atoms with van der Waals surface area (Å²) in [6.07, 6.45) is 18.2. The van der Waals surface area contributed by atoms with Crippen molar-refractivity contribution >= 4 is 5.78 Å². The first-order chi connectivity index (χ1) is 12.7. The monoisotopic (exact) mass is 376 g/mol. The zero-order valence-corrected chi connectivity index (χ0v) is 20.0. The lowest BCUT2D eigenvalue weighted by Gasteiger charge is -2.18. The minimum atomic E-state index is -0.150. The van der Waals surface area contributed by atoms with Crippen molar-refractivity contribution in [2.24, 2.45) is 11.3 Å². The smallest absolute Gasteiger partial charge is 0.138 e. The van der Waals surface area contributed by atoms with Crippen LogP contribution < -0.4 is 0 Å². The fraction of sp³-hybridized carbons (Fsp3) is 0.731. The molecule has 0 N–H and O–H groups in total. The summed E-state index contributed by atoms with van der Waals surface area (Å²) in [5.41, 5.74) is 2.71. The number of carbonyl (C=O) groups is 1. The van der Waals surface area contributed by atoms with Crippen molar-refractivity contribution in [1.82, 2.24) is 0 Å². The fourth-order valence-corrected chi connectivity index (χ4v) is 2.64. The zero-order valence-electron chi connectivity index (χ0n) is 20.0. The molecule has 1 aliphatic rings. The second-order valence-electron chi connectivity index (χ2n) is 8.65. The van der Waals surface area contributed by atoms with E-state index in [9.17, 15) is 4.79 Å². The van der Waals surface area contributed by atoms with Gasteiger partial charge in [0.25, 0.3) is 0 Å². The number of hydrogen-bond donors (Lipinski definition) is 0. The van der Waals surface area contributed by atoms with Crippen molar-refractivity contribution in [3.63, 3.8) is 0 Å². The summed E-state index contributed by atoms with van der Waals surface area (Å²) in [5.74, 6) is 1.12. The Morgan fingerprint density at radius 2 is 1.70 bits per heavy atom. The predicted molar refractivity (Wildman–Crippen MR) is 124 cm³/mol. The molecule has 0 aliphatic heterocycles. The van der Waals surface area contributed by atoms with E-state index in [1.54, 1.807) is 0 Å². The minimum absolute atomic E-state index is 0.150. The van der Waals surface area contributed by atoms with Gasteiger partial charge in [-0.05, 0) is 39.0 Å². The van der Waals surface area contributed by atoms with Crippen LogP contribution in [0.4, 0.5) is 0 Å². The van der Waals surface area contributed by atoms with Crippen LogP contribution in [0.15, 0.2) is 35.5 Å². The van der Waals surface area contributed by atoms with Crippen LogP contribution in [-0.4, -0.2) is 5.78 Å². The molecule has 0 aromatic heterocycles. The maximum Gasteiger partial charge on any atom is 0.138 e. The van der Waals surface area contributed by atoms with Gasteiger partial charge in [-0.15, -0.1) is 0 Å². The molecular weight excluding hydrogens is 328 g/mol. The number of ketones is 1. The Morgan fingerprint density at radius 1 is 1.07 bits per heavy atom. The molecule has 0 aromatic carbocycles. The molecule has 1 rings (SSSR count). The van der Waals surface area contributed by atoms with Crippen LogP contribution in [0.2, 0.25) is 0 Å². The summed E-state index contributed by atoms with van der Waals surface area (Å²) in [4.78, 5) is 11.7. The number of hydrogen-bond acceptors (Lipinski definition) is 1. The van der Waals surface area contributed by atoms with Crippen LogP contribution in [0.5, 0.6) is 0 Å². The Hall–Kier alpha value is -1.11. The average molecular weight is 377 g/mol. The lowest BCUT2D eigenvalue weighted by atomic mass is 9.86. The molecule has 0 bridgehead atoms. The van der Waals surface area contributed by atoms with Crippen LogP contribution >= 0.6 is 0 Å². The van der Waals surface area contributed by atoms with Gasteiger partial charge in [-0.1, -0.05) is 110 Å². The Balaban J connectivity index is 0. The van der Waals surface area contributed by atoms with E-state index >= 15 is 0 Å². The first-order valence-electron chi connectivity index (χ1n) is 11.2. The highest BCUT2D eigenvalue weighted by molar-refractivity contribution is 5.83. The first kappa shape index (κ1) is 28.1. The highest BCUT2D eigenvalue weighted by Crippen LogP contribution is 2.21. The quantitative estimate of drug-likeness (QED) is 0.320. The molecule has 158 valence electrons. The van der Waals surface area contributed by atoms with E-state index in [1.165, 1.54) is 36.8 Å². The van der Waals surface area contributed by atoms with E-state index in [2.05, 4.69) is 52.0 Å². The van der Waals surface area contributed by atoms with Crippen molar-refractivity contribution in [1.29, 1.82) is 0 Å². The van der Waals surface area contributed by atoms with Crippen molar-refractivity contribution < 1.29 is 4.79 Å². The van der Waals surface area contributed by atoms with E-state index in [0.29, 0.717) is 11.7 Å². The second-order valence-corrected chi connectivity index (χ2v) is 8.65. The number of unbranched alkanes of at least 4 members (excludes halogenated alkanes) is 2. The third-order valence-corrected chi connectivity index (χ3v) is 4.73. The molecule has 0 fully saturated rings. The third kappa shape index (κ3) is 18.0. The summed E-state index contributed by atoms with van der Waals surface area (Å²) < 4.78 is 0. The Bertz CT molecular complexity index is 457. The Labute approximate surface area is 171 Å². The maximum atomic E-state index is 11.7. The van der Waals surface area contributed by atoms with Crippen molar-refractivity contribution in [3.05, 3.63) is 35.5 Å². The Morgan fingerprint density at radius 3 is 2.26 bits per heavy atom. The minimum Gasteiger partial charge on any atom is -0.299 e. The van der Waals surface area contributed by atoms with E-state index < -0.39 is 0 Å². The molecule has 0 saturated carbocycles. The molecule has 0 saturated heterocycles. The molecule has 1 nitrogen and oxygen atoms in total. The van der Waals surface area contributed by atoms with Gasteiger partial charge in [-0.25, -0.2) is 0 Å². The van der Waals surface area contributed by atoms with Crippen LogP contribution in [-0.2, 0) is 4.79 Å². The highest BCUT2D eigenvalue weighted by Gasteiger charge is 2.20. The van der Waals surface area contributed by atoms with Gasteiger partial charge >= 0.3 is 0 Å². The van der Waals surface area contributed by atoms with Gasteiger partial charge < -0.3 is 0 Å². The lowest BCUT2D eigenvalue weighted by Crippen LogP contribution is -2.20. The largest absolute Gasteiger partial charge is 0.299 e. The second kappa shape index (κ2) is 17.0. The summed E-state index contributed by atoms with van der Waals surface area (Å²) in [7, 11) is 0. The van der Waals surface area contributed by atoms with Gasteiger partial charge in [-0.2, -0.15) is 0 Å². The number of carbonyl (C=O) groups excluding carboxylic acids is 1. The van der Waals surface area contributed by atoms with E-state index in [4.69, 9.17) is 0 Å². The molecule has 1 heteroatoms. The molecule has 1 atom stereocenters. The van der Waals surface area contributed by atoms with Crippen LogP contribution in [0, 0.1) is 11.3 Å². The average Bonchev–Trinajstić information content (AvgIpc) is 2.61. The van der Waals surface area contributed by atoms with E-state index in [-0.39, 0.29) is 5.41 Å². The molecule has 0 heterocycles. The lowest BCUT2D eigenvalue weighted by molar-refractivity contribution is -0.126. The molecule has 0 radical (unpaired) electrons. The van der Waals surface area contributed by atoms with Gasteiger partial charge in [0.1, 0.15) is 5.78 Å². The summed E-state index contributed by atoms with van der Waals surface area (Å²) in [6.45, 7) is 18.9. The van der Waals surface area contributed by atoms with Gasteiger partial charge in [0.2, 0.25) is 0 Å². The van der Waals surface area contributed by atoms with Gasteiger partial charge in [0.15, 0.2) is 0 Å². The van der Waals surface area contributed by atoms with E-state index in [1.807, 2.05) is 34.6 Å². The number of allylic oxidation sites excluding steroid dienone is 6. The molecule has 27 heavy (non-hydrogen) atoms. The van der Waals surface area contributed by atoms with Crippen molar-refractivity contribution in [2.45, 2.75) is 114 Å². The van der Waals surface area contributed by atoms with Crippen molar-refractivity contribution in [2.75, 3.05) is 0 Å². The van der Waals surface area contributed by atoms with E-state index in [0.717, 1.165) is 25.7 Å². The molecule has 0 spiro atoms. The van der Waals surface area contributed by atoms with Crippen LogP contribution in [0.1, 0.15) is 114 Å². The molecule has 1 aliphatic carbocycles. The molecule has 0 aromatic rings. The number of rotatable bonds is 7. The molecular formula is C26H48O. The standard InChI is InChI=1S/C14H28O.C10H14.C2H6/c1-6-7-8-9-12(2)10-11-13(15)14(3,4)5;1-9-5-3-4-6-10(2)8-7-9;1-2/h12H,6-11H2,1-5H3;3,5-7H,4,8H2,1-2H3;1-2H3/b;5-3-,9-7-,10-6+;. The fourth-order valence-electron chi connectivity index (χ4n) is 2.64. The normalized spacial score (nSPS) is 20.0. The van der Waals surface area contributed by atoms with Crippen LogP contribution in [0.3, 0.4) is 0 Å². The topological polar surface area (TPSA) is 17.1 Å². The highest BCUT2D eigenvalue weighted by atomic mass is 16.1. The zero-order chi connectivity index (χ0) is 21.3. The maximum absolute atomic E-state index is 11.7. The molecule has 0 amide bonds. The SMILES string of the molecule is CC.CC1=C/C/C(C)=C/C/C=C\1.CCCCCC(C)CCC(=O)C(C)(C)C. The van der Waals surface area contributed by atoms with Gasteiger partial charge in [-0.3, -0.25) is 4.79 Å². The summed E-state index contributed by atoms with van der Waals surface area (Å²) in [6, 6.07) is 0. The molecule has 1 unspecified atom stereocenters. The first-order valence-corrected chi connectivity index (χ1v) is 11.2. The number of Topliss-reactive ketones (excluding diaryl/α,β-unsaturated/α-hetero) is 1.